The van der Waals surface area contributed by atoms with E-state index in [2.05, 4.69) is 15.5 Å². The van der Waals surface area contributed by atoms with Crippen LogP contribution < -0.4 is 5.32 Å². The minimum Gasteiger partial charge on any atom is -0.411 e. The normalized spacial score (nSPS) is 11.6. The summed E-state index contributed by atoms with van der Waals surface area (Å²) in [5, 5.41) is 20.1. The molecule has 130 valence electrons. The first-order valence-electron chi connectivity index (χ1n) is 7.62. The molecular weight excluding hydrogens is 372 g/mol. The Morgan fingerprint density at radius 2 is 2.04 bits per heavy atom. The maximum Gasteiger partial charge on any atom is 0.277 e. The van der Waals surface area contributed by atoms with Crippen molar-refractivity contribution in [2.45, 2.75) is 17.4 Å². The molecule has 0 aliphatic heterocycles. The average molecular weight is 385 g/mol. The highest BCUT2D eigenvalue weighted by Crippen LogP contribution is 2.27. The van der Waals surface area contributed by atoms with Gasteiger partial charge in [0.25, 0.3) is 5.22 Å². The zero-order valence-corrected chi connectivity index (χ0v) is 15.2. The summed E-state index contributed by atoms with van der Waals surface area (Å²) < 4.78 is 5.59. The van der Waals surface area contributed by atoms with Crippen molar-refractivity contribution in [3.63, 3.8) is 0 Å². The number of carbonyl (C=O) groups excluding carboxylic acids is 1. The summed E-state index contributed by atoms with van der Waals surface area (Å²) in [6, 6.07) is 15.8. The lowest BCUT2D eigenvalue weighted by Crippen LogP contribution is -2.22. The van der Waals surface area contributed by atoms with E-state index < -0.39 is 5.25 Å². The highest BCUT2D eigenvalue weighted by atomic mass is 35.5. The molecule has 1 heterocycles. The fraction of sp³-hybridized carbons (Fsp3) is 0.111. The van der Waals surface area contributed by atoms with E-state index in [1.54, 1.807) is 55.5 Å². The Kier molecular flexibility index (Phi) is 5.56. The standard InChI is InChI=1S/C18H13ClN4O2S/c1-11(16(24)21-15-4-2-3-12(9-15)10-20)26-18-23-22-17(25-18)13-5-7-14(19)8-6-13/h2-9,11H,1H3,(H,21,24). The summed E-state index contributed by atoms with van der Waals surface area (Å²) in [6.07, 6.45) is 0. The maximum absolute atomic E-state index is 12.3. The van der Waals surface area contributed by atoms with Crippen LogP contribution in [0.5, 0.6) is 0 Å². The number of rotatable bonds is 5. The smallest absolute Gasteiger partial charge is 0.277 e. The Labute approximate surface area is 159 Å². The topological polar surface area (TPSA) is 91.8 Å². The van der Waals surface area contributed by atoms with Crippen molar-refractivity contribution in [2.75, 3.05) is 5.32 Å². The molecule has 1 unspecified atom stereocenters. The van der Waals surface area contributed by atoms with Crippen molar-refractivity contribution < 1.29 is 9.21 Å². The summed E-state index contributed by atoms with van der Waals surface area (Å²) in [5.74, 6) is 0.134. The molecule has 2 aromatic carbocycles. The van der Waals surface area contributed by atoms with Crippen LogP contribution in [-0.2, 0) is 4.79 Å². The van der Waals surface area contributed by atoms with Crippen molar-refractivity contribution in [3.05, 3.63) is 59.1 Å². The Morgan fingerprint density at radius 3 is 2.77 bits per heavy atom. The summed E-state index contributed by atoms with van der Waals surface area (Å²) in [5.41, 5.74) is 1.79. The van der Waals surface area contributed by atoms with Gasteiger partial charge in [-0.05, 0) is 49.4 Å². The molecule has 3 aromatic rings. The van der Waals surface area contributed by atoms with Crippen LogP contribution in [-0.4, -0.2) is 21.4 Å². The molecule has 0 aliphatic carbocycles. The number of hydrogen-bond donors (Lipinski definition) is 1. The third-order valence-corrected chi connectivity index (χ3v) is 4.59. The van der Waals surface area contributed by atoms with Gasteiger partial charge in [0, 0.05) is 16.3 Å². The molecule has 1 N–H and O–H groups in total. The van der Waals surface area contributed by atoms with Gasteiger partial charge in [0.15, 0.2) is 0 Å². The lowest BCUT2D eigenvalue weighted by atomic mass is 10.2. The number of benzene rings is 2. The third kappa shape index (κ3) is 4.42. The van der Waals surface area contributed by atoms with Crippen LogP contribution in [0.25, 0.3) is 11.5 Å². The molecule has 0 spiro atoms. The molecule has 26 heavy (non-hydrogen) atoms. The van der Waals surface area contributed by atoms with Crippen LogP contribution in [0.2, 0.25) is 5.02 Å². The van der Waals surface area contributed by atoms with Gasteiger partial charge < -0.3 is 9.73 Å². The molecular formula is C18H13ClN4O2S. The van der Waals surface area contributed by atoms with E-state index in [9.17, 15) is 4.79 Å². The predicted octanol–water partition coefficient (Wildman–Crippen LogP) is 4.38. The number of anilines is 1. The summed E-state index contributed by atoms with van der Waals surface area (Å²) >= 11 is 7.02. The van der Waals surface area contributed by atoms with E-state index >= 15 is 0 Å². The Hall–Kier alpha value is -2.82. The number of amides is 1. The molecule has 0 aliphatic rings. The first-order chi connectivity index (χ1) is 12.5. The van der Waals surface area contributed by atoms with E-state index in [1.807, 2.05) is 6.07 Å². The van der Waals surface area contributed by atoms with E-state index in [-0.39, 0.29) is 5.91 Å². The van der Waals surface area contributed by atoms with Crippen molar-refractivity contribution >= 4 is 35.0 Å². The number of nitrogens with one attached hydrogen (secondary N) is 1. The number of aromatic nitrogens is 2. The Balaban J connectivity index is 1.64. The van der Waals surface area contributed by atoms with Crippen LogP contribution in [0.1, 0.15) is 12.5 Å². The molecule has 0 bridgehead atoms. The number of nitriles is 1. The van der Waals surface area contributed by atoms with Crippen LogP contribution in [0, 0.1) is 11.3 Å². The van der Waals surface area contributed by atoms with E-state index in [4.69, 9.17) is 21.3 Å². The molecule has 8 heteroatoms. The average Bonchev–Trinajstić information content (AvgIpc) is 3.11. The number of carbonyl (C=O) groups is 1. The molecule has 0 radical (unpaired) electrons. The largest absolute Gasteiger partial charge is 0.411 e. The van der Waals surface area contributed by atoms with Crippen molar-refractivity contribution in [3.8, 4) is 17.5 Å². The number of thioether (sulfide) groups is 1. The van der Waals surface area contributed by atoms with Gasteiger partial charge in [-0.25, -0.2) is 0 Å². The third-order valence-electron chi connectivity index (χ3n) is 3.40. The highest BCUT2D eigenvalue weighted by molar-refractivity contribution is 8.00. The summed E-state index contributed by atoms with van der Waals surface area (Å²) in [4.78, 5) is 12.3. The van der Waals surface area contributed by atoms with Gasteiger partial charge in [-0.1, -0.05) is 29.4 Å². The van der Waals surface area contributed by atoms with Gasteiger partial charge >= 0.3 is 0 Å². The van der Waals surface area contributed by atoms with Gasteiger partial charge in [0.1, 0.15) is 0 Å². The second-order valence-electron chi connectivity index (χ2n) is 5.32. The zero-order chi connectivity index (χ0) is 18.5. The van der Waals surface area contributed by atoms with Gasteiger partial charge in [-0.2, -0.15) is 5.26 Å². The maximum atomic E-state index is 12.3. The van der Waals surface area contributed by atoms with Crippen molar-refractivity contribution in [2.24, 2.45) is 0 Å². The molecule has 0 saturated heterocycles. The fourth-order valence-corrected chi connectivity index (χ4v) is 2.89. The lowest BCUT2D eigenvalue weighted by Gasteiger charge is -2.09. The zero-order valence-electron chi connectivity index (χ0n) is 13.6. The number of halogens is 1. The van der Waals surface area contributed by atoms with Crippen LogP contribution >= 0.6 is 23.4 Å². The molecule has 0 fully saturated rings. The minimum atomic E-state index is -0.459. The second-order valence-corrected chi connectivity index (χ2v) is 7.05. The van der Waals surface area contributed by atoms with E-state index in [0.29, 0.717) is 27.4 Å². The quantitative estimate of drug-likeness (QED) is 0.656. The fourth-order valence-electron chi connectivity index (χ4n) is 2.08. The molecule has 1 aromatic heterocycles. The van der Waals surface area contributed by atoms with E-state index in [0.717, 1.165) is 17.3 Å². The number of nitrogens with zero attached hydrogens (tertiary/aromatic N) is 3. The highest BCUT2D eigenvalue weighted by Gasteiger charge is 2.19. The number of hydrogen-bond acceptors (Lipinski definition) is 6. The van der Waals surface area contributed by atoms with Crippen LogP contribution in [0.15, 0.2) is 58.2 Å². The Bertz CT molecular complexity index is 966. The van der Waals surface area contributed by atoms with Gasteiger partial charge in [-0.15, -0.1) is 10.2 Å². The predicted molar refractivity (Wildman–Crippen MR) is 99.8 cm³/mol. The molecule has 1 amide bonds. The Morgan fingerprint density at radius 1 is 1.27 bits per heavy atom. The monoisotopic (exact) mass is 384 g/mol. The van der Waals surface area contributed by atoms with Gasteiger partial charge in [-0.3, -0.25) is 4.79 Å². The molecule has 0 saturated carbocycles. The molecule has 3 rings (SSSR count). The van der Waals surface area contributed by atoms with Crippen molar-refractivity contribution in [1.29, 1.82) is 5.26 Å². The van der Waals surface area contributed by atoms with Gasteiger partial charge in [0.2, 0.25) is 11.8 Å². The summed E-state index contributed by atoms with van der Waals surface area (Å²) in [6.45, 7) is 1.74. The molecule has 1 atom stereocenters. The summed E-state index contributed by atoms with van der Waals surface area (Å²) in [7, 11) is 0. The SMILES string of the molecule is CC(Sc1nnc(-c2ccc(Cl)cc2)o1)C(=O)Nc1cccc(C#N)c1. The minimum absolute atomic E-state index is 0.226. The van der Waals surface area contributed by atoms with Crippen molar-refractivity contribution in [1.82, 2.24) is 10.2 Å². The lowest BCUT2D eigenvalue weighted by molar-refractivity contribution is -0.115. The van der Waals surface area contributed by atoms with Gasteiger partial charge in [0.05, 0.1) is 16.9 Å². The first-order valence-corrected chi connectivity index (χ1v) is 8.88. The van der Waals surface area contributed by atoms with Crippen LogP contribution in [0.3, 0.4) is 0 Å². The van der Waals surface area contributed by atoms with Crippen LogP contribution in [0.4, 0.5) is 5.69 Å². The van der Waals surface area contributed by atoms with E-state index in [1.165, 1.54) is 0 Å². The second kappa shape index (κ2) is 8.04. The first kappa shape index (κ1) is 18.0. The molecule has 6 nitrogen and oxygen atoms in total.